The van der Waals surface area contributed by atoms with E-state index in [1.165, 1.54) is 17.0 Å². The molecule has 1 atom stereocenters. The van der Waals surface area contributed by atoms with Crippen LogP contribution < -0.4 is 9.62 Å². The van der Waals surface area contributed by atoms with E-state index in [1.54, 1.807) is 55.5 Å². The van der Waals surface area contributed by atoms with Crippen molar-refractivity contribution in [2.45, 2.75) is 75.9 Å². The van der Waals surface area contributed by atoms with Crippen molar-refractivity contribution in [3.63, 3.8) is 0 Å². The van der Waals surface area contributed by atoms with Crippen molar-refractivity contribution >= 4 is 62.3 Å². The largest absolute Gasteiger partial charge is 0.352 e. The van der Waals surface area contributed by atoms with Crippen LogP contribution in [0.1, 0.15) is 54.4 Å². The van der Waals surface area contributed by atoms with Crippen LogP contribution in [0.15, 0.2) is 95.9 Å². The van der Waals surface area contributed by atoms with Gasteiger partial charge in [-0.15, -0.1) is 0 Å². The molecule has 0 saturated heterocycles. The summed E-state index contributed by atoms with van der Waals surface area (Å²) in [6, 6.07) is 24.9. The van der Waals surface area contributed by atoms with Crippen LogP contribution >= 0.6 is 34.8 Å². The number of hydrogen-bond acceptors (Lipinski definition) is 4. The molecular weight excluding hydrogens is 701 g/mol. The fourth-order valence-corrected chi connectivity index (χ4v) is 8.21. The first kappa shape index (κ1) is 36.7. The molecule has 1 unspecified atom stereocenters. The normalized spacial score (nSPS) is 14.2. The highest BCUT2D eigenvalue weighted by Crippen LogP contribution is 2.30. The lowest BCUT2D eigenvalue weighted by molar-refractivity contribution is -0.140. The standard InChI is InChI=1S/C38H40Cl3N3O4S/c1-26-13-17-32(18-14-26)49(47,48)44(35-20-16-30(39)21-27(35)2)25-37(45)43(24-29-15-19-33(40)34(41)22-29)36(23-28-9-5-3-6-10-28)38(46)42-31-11-7-4-8-12-31/h3,5-6,9-10,13-22,31,36H,4,7-8,11-12,23-25H2,1-2H3,(H,42,46). The molecule has 4 aromatic rings. The minimum absolute atomic E-state index is 0.00316. The number of carbonyl (C=O) groups excluding carboxylic acids is 2. The summed E-state index contributed by atoms with van der Waals surface area (Å²) in [4.78, 5) is 30.5. The summed E-state index contributed by atoms with van der Waals surface area (Å²) in [5.74, 6) is -0.851. The minimum atomic E-state index is -4.24. The maximum Gasteiger partial charge on any atom is 0.264 e. The first-order valence-corrected chi connectivity index (χ1v) is 18.9. The zero-order chi connectivity index (χ0) is 35.1. The number of sulfonamides is 1. The summed E-state index contributed by atoms with van der Waals surface area (Å²) >= 11 is 18.9. The van der Waals surface area contributed by atoms with Gasteiger partial charge in [-0.3, -0.25) is 13.9 Å². The first-order chi connectivity index (χ1) is 23.4. The summed E-state index contributed by atoms with van der Waals surface area (Å²) in [6.07, 6.45) is 5.11. The van der Waals surface area contributed by atoms with Crippen molar-refractivity contribution in [1.82, 2.24) is 10.2 Å². The summed E-state index contributed by atoms with van der Waals surface area (Å²) in [5, 5.41) is 4.31. The average Bonchev–Trinajstić information content (AvgIpc) is 3.08. The van der Waals surface area contributed by atoms with Crippen LogP contribution in [0.3, 0.4) is 0 Å². The number of rotatable bonds is 12. The maximum atomic E-state index is 14.8. The number of amides is 2. The highest BCUT2D eigenvalue weighted by Gasteiger charge is 2.36. The van der Waals surface area contributed by atoms with E-state index in [1.807, 2.05) is 37.3 Å². The molecule has 4 aromatic carbocycles. The Kier molecular flexibility index (Phi) is 12.3. The number of nitrogens with zero attached hydrogens (tertiary/aromatic N) is 2. The second kappa shape index (κ2) is 16.4. The molecule has 258 valence electrons. The topological polar surface area (TPSA) is 86.8 Å². The number of carbonyl (C=O) groups is 2. The Balaban J connectivity index is 1.59. The number of aryl methyl sites for hydroxylation is 2. The summed E-state index contributed by atoms with van der Waals surface area (Å²) in [6.45, 7) is 3.03. The SMILES string of the molecule is Cc1ccc(S(=O)(=O)N(CC(=O)N(Cc2ccc(Cl)c(Cl)c2)C(Cc2ccccc2)C(=O)NC2CCCCC2)c2ccc(Cl)cc2C)cc1. The molecule has 0 spiro atoms. The smallest absolute Gasteiger partial charge is 0.264 e. The molecule has 1 aliphatic carbocycles. The molecule has 0 radical (unpaired) electrons. The number of anilines is 1. The molecule has 49 heavy (non-hydrogen) atoms. The third kappa shape index (κ3) is 9.37. The quantitative estimate of drug-likeness (QED) is 0.158. The number of nitrogens with one attached hydrogen (secondary N) is 1. The van der Waals surface area contributed by atoms with Gasteiger partial charge >= 0.3 is 0 Å². The Labute approximate surface area is 304 Å². The highest BCUT2D eigenvalue weighted by molar-refractivity contribution is 7.92. The Bertz CT molecular complexity index is 1880. The van der Waals surface area contributed by atoms with Crippen LogP contribution in [0.5, 0.6) is 0 Å². The average molecular weight is 741 g/mol. The van der Waals surface area contributed by atoms with E-state index in [2.05, 4.69) is 5.32 Å². The summed E-state index contributed by atoms with van der Waals surface area (Å²) < 4.78 is 29.8. The predicted molar refractivity (Wildman–Crippen MR) is 198 cm³/mol. The van der Waals surface area contributed by atoms with Crippen molar-refractivity contribution in [3.05, 3.63) is 128 Å². The molecule has 7 nitrogen and oxygen atoms in total. The third-order valence-electron chi connectivity index (χ3n) is 8.87. The van der Waals surface area contributed by atoms with Crippen molar-refractivity contribution in [2.75, 3.05) is 10.8 Å². The molecular formula is C38H40Cl3N3O4S. The zero-order valence-corrected chi connectivity index (χ0v) is 30.6. The molecule has 0 heterocycles. The maximum absolute atomic E-state index is 14.8. The van der Waals surface area contributed by atoms with E-state index >= 15 is 0 Å². The van der Waals surface area contributed by atoms with E-state index in [4.69, 9.17) is 34.8 Å². The van der Waals surface area contributed by atoms with E-state index in [0.717, 1.165) is 47.5 Å². The molecule has 0 aliphatic heterocycles. The lowest BCUT2D eigenvalue weighted by atomic mass is 9.94. The van der Waals surface area contributed by atoms with Crippen molar-refractivity contribution in [3.8, 4) is 0 Å². The number of hydrogen-bond donors (Lipinski definition) is 1. The van der Waals surface area contributed by atoms with Gasteiger partial charge in [0, 0.05) is 24.0 Å². The molecule has 0 aromatic heterocycles. The van der Waals surface area contributed by atoms with Crippen LogP contribution in [-0.2, 0) is 32.6 Å². The van der Waals surface area contributed by atoms with Gasteiger partial charge < -0.3 is 10.2 Å². The van der Waals surface area contributed by atoms with Crippen LogP contribution in [0.2, 0.25) is 15.1 Å². The van der Waals surface area contributed by atoms with Crippen molar-refractivity contribution < 1.29 is 18.0 Å². The fraction of sp³-hybridized carbons (Fsp3) is 0.316. The predicted octanol–water partition coefficient (Wildman–Crippen LogP) is 8.55. The van der Waals surface area contributed by atoms with Gasteiger partial charge in [-0.25, -0.2) is 8.42 Å². The lowest BCUT2D eigenvalue weighted by Gasteiger charge is -2.35. The monoisotopic (exact) mass is 739 g/mol. The lowest BCUT2D eigenvalue weighted by Crippen LogP contribution is -2.55. The van der Waals surface area contributed by atoms with Crippen molar-refractivity contribution in [1.29, 1.82) is 0 Å². The van der Waals surface area contributed by atoms with Gasteiger partial charge in [0.2, 0.25) is 11.8 Å². The van der Waals surface area contributed by atoms with Gasteiger partial charge in [0.05, 0.1) is 20.6 Å². The molecule has 11 heteroatoms. The molecule has 1 saturated carbocycles. The van der Waals surface area contributed by atoms with Crippen LogP contribution in [0, 0.1) is 13.8 Å². The van der Waals surface area contributed by atoms with E-state index in [9.17, 15) is 18.0 Å². The molecule has 1 aliphatic rings. The van der Waals surface area contributed by atoms with Gasteiger partial charge in [0.25, 0.3) is 10.0 Å². The summed E-state index contributed by atoms with van der Waals surface area (Å²) in [7, 11) is -4.24. The van der Waals surface area contributed by atoms with Crippen molar-refractivity contribution in [2.24, 2.45) is 0 Å². The van der Waals surface area contributed by atoms with Crippen LogP contribution in [0.25, 0.3) is 0 Å². The van der Waals surface area contributed by atoms with E-state index in [-0.39, 0.29) is 29.8 Å². The number of halogens is 3. The Morgan fingerprint density at radius 1 is 0.816 bits per heavy atom. The Morgan fingerprint density at radius 3 is 2.16 bits per heavy atom. The van der Waals surface area contributed by atoms with Gasteiger partial charge in [-0.2, -0.15) is 0 Å². The van der Waals surface area contributed by atoms with Gasteiger partial charge in [0.15, 0.2) is 0 Å². The van der Waals surface area contributed by atoms with E-state index < -0.39 is 28.5 Å². The summed E-state index contributed by atoms with van der Waals surface area (Å²) in [5.41, 5.74) is 3.27. The van der Waals surface area contributed by atoms with Gasteiger partial charge in [-0.05, 0) is 85.8 Å². The highest BCUT2D eigenvalue weighted by atomic mass is 35.5. The molecule has 1 fully saturated rings. The number of benzene rings is 4. The molecule has 2 amide bonds. The van der Waals surface area contributed by atoms with E-state index in [0.29, 0.717) is 31.9 Å². The van der Waals surface area contributed by atoms with Gasteiger partial charge in [-0.1, -0.05) is 108 Å². The first-order valence-electron chi connectivity index (χ1n) is 16.4. The molecule has 1 N–H and O–H groups in total. The second-order valence-corrected chi connectivity index (χ2v) is 15.7. The molecule has 5 rings (SSSR count). The van der Waals surface area contributed by atoms with Crippen LogP contribution in [-0.4, -0.2) is 43.8 Å². The van der Waals surface area contributed by atoms with Crippen LogP contribution in [0.4, 0.5) is 5.69 Å². The Hall–Kier alpha value is -3.56. The minimum Gasteiger partial charge on any atom is -0.352 e. The molecule has 0 bridgehead atoms. The fourth-order valence-electron chi connectivity index (χ4n) is 6.18. The Morgan fingerprint density at radius 2 is 1.51 bits per heavy atom. The zero-order valence-electron chi connectivity index (χ0n) is 27.5. The second-order valence-electron chi connectivity index (χ2n) is 12.6. The van der Waals surface area contributed by atoms with Gasteiger partial charge in [0.1, 0.15) is 12.6 Å². The third-order valence-corrected chi connectivity index (χ3v) is 11.6.